The second-order valence-corrected chi connectivity index (χ2v) is 4.05. The van der Waals surface area contributed by atoms with E-state index >= 15 is 0 Å². The van der Waals surface area contributed by atoms with Crippen LogP contribution < -0.4 is 19.9 Å². The molecule has 1 aromatic carbocycles. The molecule has 1 aliphatic rings. The van der Waals surface area contributed by atoms with Crippen LogP contribution in [0.1, 0.15) is 25.3 Å². The minimum atomic E-state index is 0.295. The highest BCUT2D eigenvalue weighted by molar-refractivity contribution is 5.51. The molecule has 0 spiro atoms. The smallest absolute Gasteiger partial charge is 0.231 e. The Morgan fingerprint density at radius 2 is 2.06 bits per heavy atom. The van der Waals surface area contributed by atoms with Crippen LogP contribution in [-0.4, -0.2) is 19.9 Å². The van der Waals surface area contributed by atoms with Crippen LogP contribution in [0.25, 0.3) is 0 Å². The predicted molar refractivity (Wildman–Crippen MR) is 65.7 cm³/mol. The van der Waals surface area contributed by atoms with E-state index < -0.39 is 0 Å². The van der Waals surface area contributed by atoms with Crippen molar-refractivity contribution < 1.29 is 14.2 Å². The summed E-state index contributed by atoms with van der Waals surface area (Å²) in [6, 6.07) is 3.92. The average Bonchev–Trinajstić information content (AvgIpc) is 2.80. The number of hydrogen-bond donors (Lipinski definition) is 1. The molecule has 0 radical (unpaired) electrons. The molecule has 94 valence electrons. The van der Waals surface area contributed by atoms with Gasteiger partial charge in [-0.3, -0.25) is 0 Å². The van der Waals surface area contributed by atoms with Crippen molar-refractivity contribution in [3.63, 3.8) is 0 Å². The van der Waals surface area contributed by atoms with E-state index in [1.165, 1.54) is 0 Å². The summed E-state index contributed by atoms with van der Waals surface area (Å²) >= 11 is 0. The quantitative estimate of drug-likeness (QED) is 0.823. The third kappa shape index (κ3) is 2.82. The Balaban J connectivity index is 2.19. The van der Waals surface area contributed by atoms with Crippen molar-refractivity contribution in [2.45, 2.75) is 26.2 Å². The first-order valence-electron chi connectivity index (χ1n) is 6.10. The molecule has 1 aliphatic heterocycles. The molecule has 4 heteroatoms. The fourth-order valence-corrected chi connectivity index (χ4v) is 1.80. The maximum absolute atomic E-state index is 5.73. The zero-order valence-corrected chi connectivity index (χ0v) is 10.2. The summed E-state index contributed by atoms with van der Waals surface area (Å²) < 4.78 is 16.5. The van der Waals surface area contributed by atoms with Gasteiger partial charge in [-0.15, -0.1) is 0 Å². The molecule has 2 rings (SSSR count). The molecule has 0 bridgehead atoms. The molecule has 0 aliphatic carbocycles. The average molecular weight is 237 g/mol. The van der Waals surface area contributed by atoms with Crippen LogP contribution in [0, 0.1) is 0 Å². The number of rotatable bonds is 6. The molecule has 2 N–H and O–H groups in total. The second kappa shape index (κ2) is 5.77. The standard InChI is InChI=1S/C13H19NO3/c1-2-6-15-11-8-13-12(16-9-17-13)7-10(11)4-3-5-14/h7-8H,2-6,9,14H2,1H3. The van der Waals surface area contributed by atoms with Gasteiger partial charge < -0.3 is 19.9 Å². The van der Waals surface area contributed by atoms with E-state index in [0.29, 0.717) is 13.3 Å². The van der Waals surface area contributed by atoms with Crippen LogP contribution >= 0.6 is 0 Å². The minimum absolute atomic E-state index is 0.295. The topological polar surface area (TPSA) is 53.7 Å². The summed E-state index contributed by atoms with van der Waals surface area (Å²) in [6.45, 7) is 3.78. The van der Waals surface area contributed by atoms with E-state index in [0.717, 1.165) is 48.7 Å². The molecule has 4 nitrogen and oxygen atoms in total. The van der Waals surface area contributed by atoms with Crippen molar-refractivity contribution in [1.29, 1.82) is 0 Å². The Bertz CT molecular complexity index is 344. The fraction of sp³-hybridized carbons (Fsp3) is 0.538. The third-order valence-corrected chi connectivity index (χ3v) is 2.67. The zero-order chi connectivity index (χ0) is 12.1. The van der Waals surface area contributed by atoms with Gasteiger partial charge in [-0.2, -0.15) is 0 Å². The number of hydrogen-bond acceptors (Lipinski definition) is 4. The zero-order valence-electron chi connectivity index (χ0n) is 10.2. The number of aryl methyl sites for hydroxylation is 1. The molecule has 1 heterocycles. The Kier molecular flexibility index (Phi) is 4.09. The Morgan fingerprint density at radius 3 is 2.76 bits per heavy atom. The maximum Gasteiger partial charge on any atom is 0.231 e. The maximum atomic E-state index is 5.73. The number of ether oxygens (including phenoxy) is 3. The monoisotopic (exact) mass is 237 g/mol. The van der Waals surface area contributed by atoms with E-state index in [-0.39, 0.29) is 0 Å². The SMILES string of the molecule is CCCOc1cc2c(cc1CCCN)OCO2. The summed E-state index contributed by atoms with van der Waals surface area (Å²) in [7, 11) is 0. The van der Waals surface area contributed by atoms with Gasteiger partial charge in [0.15, 0.2) is 11.5 Å². The van der Waals surface area contributed by atoms with E-state index in [4.69, 9.17) is 19.9 Å². The Labute approximate surface area is 102 Å². The fourth-order valence-electron chi connectivity index (χ4n) is 1.80. The van der Waals surface area contributed by atoms with Crippen molar-refractivity contribution in [1.82, 2.24) is 0 Å². The van der Waals surface area contributed by atoms with Crippen LogP contribution in [0.2, 0.25) is 0 Å². The van der Waals surface area contributed by atoms with Gasteiger partial charge in [0, 0.05) is 6.07 Å². The van der Waals surface area contributed by atoms with E-state index in [1.807, 2.05) is 12.1 Å². The normalized spacial score (nSPS) is 12.8. The highest BCUT2D eigenvalue weighted by Gasteiger charge is 2.17. The number of fused-ring (bicyclic) bond motifs is 1. The molecule has 0 saturated heterocycles. The lowest BCUT2D eigenvalue weighted by molar-refractivity contribution is 0.173. The molecule has 0 fully saturated rings. The summed E-state index contributed by atoms with van der Waals surface area (Å²) in [5.41, 5.74) is 6.69. The highest BCUT2D eigenvalue weighted by atomic mass is 16.7. The van der Waals surface area contributed by atoms with Gasteiger partial charge in [0.2, 0.25) is 6.79 Å². The molecule has 0 saturated carbocycles. The first kappa shape index (κ1) is 12.0. The molecular formula is C13H19NO3. The van der Waals surface area contributed by atoms with E-state index in [9.17, 15) is 0 Å². The lowest BCUT2D eigenvalue weighted by atomic mass is 10.1. The number of benzene rings is 1. The summed E-state index contributed by atoms with van der Waals surface area (Å²) in [5, 5.41) is 0. The predicted octanol–water partition coefficient (Wildman–Crippen LogP) is 2.10. The summed E-state index contributed by atoms with van der Waals surface area (Å²) in [4.78, 5) is 0. The molecule has 1 aromatic rings. The largest absolute Gasteiger partial charge is 0.493 e. The Morgan fingerprint density at radius 1 is 1.29 bits per heavy atom. The van der Waals surface area contributed by atoms with Crippen LogP contribution in [0.5, 0.6) is 17.2 Å². The lowest BCUT2D eigenvalue weighted by Gasteiger charge is -2.11. The molecule has 0 amide bonds. The van der Waals surface area contributed by atoms with Crippen LogP contribution in [0.3, 0.4) is 0 Å². The van der Waals surface area contributed by atoms with Crippen molar-refractivity contribution in [3.05, 3.63) is 17.7 Å². The van der Waals surface area contributed by atoms with Crippen LogP contribution in [-0.2, 0) is 6.42 Å². The van der Waals surface area contributed by atoms with Crippen molar-refractivity contribution in [2.24, 2.45) is 5.73 Å². The Hall–Kier alpha value is -1.42. The van der Waals surface area contributed by atoms with Gasteiger partial charge in [0.1, 0.15) is 5.75 Å². The van der Waals surface area contributed by atoms with Crippen molar-refractivity contribution >= 4 is 0 Å². The summed E-state index contributed by atoms with van der Waals surface area (Å²) in [5.74, 6) is 2.47. The lowest BCUT2D eigenvalue weighted by Crippen LogP contribution is -2.03. The second-order valence-electron chi connectivity index (χ2n) is 4.05. The van der Waals surface area contributed by atoms with Crippen molar-refractivity contribution in [2.75, 3.05) is 19.9 Å². The van der Waals surface area contributed by atoms with Crippen LogP contribution in [0.4, 0.5) is 0 Å². The van der Waals surface area contributed by atoms with Gasteiger partial charge in [0.25, 0.3) is 0 Å². The molecule has 17 heavy (non-hydrogen) atoms. The molecule has 0 unspecified atom stereocenters. The minimum Gasteiger partial charge on any atom is -0.493 e. The van der Waals surface area contributed by atoms with Gasteiger partial charge in [-0.1, -0.05) is 6.92 Å². The van der Waals surface area contributed by atoms with Crippen molar-refractivity contribution in [3.8, 4) is 17.2 Å². The van der Waals surface area contributed by atoms with Gasteiger partial charge in [0.05, 0.1) is 6.61 Å². The third-order valence-electron chi connectivity index (χ3n) is 2.67. The first-order valence-corrected chi connectivity index (χ1v) is 6.10. The molecule has 0 atom stereocenters. The van der Waals surface area contributed by atoms with E-state index in [2.05, 4.69) is 6.92 Å². The van der Waals surface area contributed by atoms with Gasteiger partial charge in [-0.25, -0.2) is 0 Å². The molecular weight excluding hydrogens is 218 g/mol. The van der Waals surface area contributed by atoms with Crippen LogP contribution in [0.15, 0.2) is 12.1 Å². The number of nitrogens with two attached hydrogens (primary N) is 1. The van der Waals surface area contributed by atoms with E-state index in [1.54, 1.807) is 0 Å². The summed E-state index contributed by atoms with van der Waals surface area (Å²) in [6.07, 6.45) is 2.85. The van der Waals surface area contributed by atoms with Gasteiger partial charge in [-0.05, 0) is 37.4 Å². The first-order chi connectivity index (χ1) is 8.35. The molecule has 0 aromatic heterocycles. The highest BCUT2D eigenvalue weighted by Crippen LogP contribution is 2.38. The van der Waals surface area contributed by atoms with Gasteiger partial charge >= 0.3 is 0 Å².